The maximum absolute atomic E-state index is 12.9. The first-order valence-electron chi connectivity index (χ1n) is 8.65. The maximum Gasteiger partial charge on any atom is 0.255 e. The topological polar surface area (TPSA) is 46.9 Å². The van der Waals surface area contributed by atoms with Crippen molar-refractivity contribution < 1.29 is 9.18 Å². The second-order valence-corrected chi connectivity index (χ2v) is 6.32. The quantitative estimate of drug-likeness (QED) is 0.737. The Bertz CT molecular complexity index is 886. The molecule has 1 heterocycles. The largest absolute Gasteiger partial charge is 0.352 e. The van der Waals surface area contributed by atoms with Crippen molar-refractivity contribution in [1.29, 1.82) is 0 Å². The highest BCUT2D eigenvalue weighted by Gasteiger charge is 2.18. The number of hydrogen-bond donors (Lipinski definition) is 1. The zero-order valence-electron chi connectivity index (χ0n) is 15.0. The summed E-state index contributed by atoms with van der Waals surface area (Å²) in [6.45, 7) is 4.89. The molecule has 0 aliphatic carbocycles. The molecule has 0 saturated heterocycles. The first-order chi connectivity index (χ1) is 12.5. The minimum Gasteiger partial charge on any atom is -0.352 e. The van der Waals surface area contributed by atoms with Crippen molar-refractivity contribution in [2.45, 2.75) is 26.8 Å². The summed E-state index contributed by atoms with van der Waals surface area (Å²) in [6.07, 6.45) is 0.655. The first-order valence-corrected chi connectivity index (χ1v) is 8.65. The second kappa shape index (κ2) is 7.95. The number of hydrogen-bond acceptors (Lipinski definition) is 2. The van der Waals surface area contributed by atoms with Crippen LogP contribution >= 0.6 is 0 Å². The van der Waals surface area contributed by atoms with Gasteiger partial charge in [-0.15, -0.1) is 0 Å². The maximum atomic E-state index is 12.9. The Kier molecular flexibility index (Phi) is 5.46. The molecule has 0 spiro atoms. The van der Waals surface area contributed by atoms with Crippen molar-refractivity contribution in [2.75, 3.05) is 6.54 Å². The molecule has 1 N–H and O–H groups in total. The van der Waals surface area contributed by atoms with E-state index in [-0.39, 0.29) is 11.7 Å². The van der Waals surface area contributed by atoms with Crippen molar-refractivity contribution in [1.82, 2.24) is 15.1 Å². The third-order valence-corrected chi connectivity index (χ3v) is 4.40. The Morgan fingerprint density at radius 3 is 2.42 bits per heavy atom. The van der Waals surface area contributed by atoms with E-state index in [1.165, 1.54) is 12.1 Å². The summed E-state index contributed by atoms with van der Waals surface area (Å²) in [6, 6.07) is 16.4. The minimum atomic E-state index is -0.255. The molecule has 1 aromatic heterocycles. The molecule has 0 aliphatic rings. The van der Waals surface area contributed by atoms with Crippen LogP contribution in [-0.2, 0) is 13.0 Å². The molecular weight excluding hydrogens is 329 g/mol. The summed E-state index contributed by atoms with van der Waals surface area (Å²) >= 11 is 0. The van der Waals surface area contributed by atoms with E-state index in [2.05, 4.69) is 10.4 Å². The zero-order valence-corrected chi connectivity index (χ0v) is 15.0. The molecule has 0 radical (unpaired) electrons. The minimum absolute atomic E-state index is 0.124. The van der Waals surface area contributed by atoms with Crippen molar-refractivity contribution >= 4 is 5.91 Å². The van der Waals surface area contributed by atoms with E-state index < -0.39 is 0 Å². The number of halogens is 1. The molecule has 26 heavy (non-hydrogen) atoms. The summed E-state index contributed by atoms with van der Waals surface area (Å²) in [7, 11) is 0. The molecule has 5 heteroatoms. The lowest BCUT2D eigenvalue weighted by atomic mass is 10.1. The van der Waals surface area contributed by atoms with E-state index in [1.807, 2.05) is 48.9 Å². The summed E-state index contributed by atoms with van der Waals surface area (Å²) in [5, 5.41) is 7.45. The van der Waals surface area contributed by atoms with Gasteiger partial charge in [0, 0.05) is 12.2 Å². The molecule has 0 unspecified atom stereocenters. The van der Waals surface area contributed by atoms with E-state index in [0.29, 0.717) is 25.1 Å². The molecule has 4 nitrogen and oxygen atoms in total. The van der Waals surface area contributed by atoms with E-state index in [1.54, 1.807) is 12.1 Å². The summed E-state index contributed by atoms with van der Waals surface area (Å²) < 4.78 is 14.8. The molecule has 0 aliphatic heterocycles. The van der Waals surface area contributed by atoms with Crippen LogP contribution in [0, 0.1) is 19.7 Å². The number of carbonyl (C=O) groups excluding carboxylic acids is 1. The van der Waals surface area contributed by atoms with Crippen molar-refractivity contribution in [3.8, 4) is 0 Å². The lowest BCUT2D eigenvalue weighted by Gasteiger charge is -2.07. The Balaban J connectivity index is 1.64. The van der Waals surface area contributed by atoms with Gasteiger partial charge in [-0.2, -0.15) is 5.10 Å². The first kappa shape index (κ1) is 17.9. The fourth-order valence-corrected chi connectivity index (χ4v) is 3.00. The van der Waals surface area contributed by atoms with Gasteiger partial charge in [-0.3, -0.25) is 9.48 Å². The van der Waals surface area contributed by atoms with Crippen LogP contribution in [0.3, 0.4) is 0 Å². The van der Waals surface area contributed by atoms with Gasteiger partial charge in [-0.25, -0.2) is 4.39 Å². The smallest absolute Gasteiger partial charge is 0.255 e. The number of aryl methyl sites for hydroxylation is 1. The van der Waals surface area contributed by atoms with Crippen LogP contribution in [0.25, 0.3) is 0 Å². The fourth-order valence-electron chi connectivity index (χ4n) is 3.00. The molecule has 1 amide bonds. The van der Waals surface area contributed by atoms with Crippen LogP contribution in [0.1, 0.15) is 32.9 Å². The van der Waals surface area contributed by atoms with Gasteiger partial charge in [0.25, 0.3) is 5.91 Å². The van der Waals surface area contributed by atoms with Crippen LogP contribution in [0.15, 0.2) is 54.6 Å². The number of nitrogens with zero attached hydrogens (tertiary/aromatic N) is 2. The predicted molar refractivity (Wildman–Crippen MR) is 99.7 cm³/mol. The zero-order chi connectivity index (χ0) is 18.5. The number of amides is 1. The molecular formula is C21H22FN3O. The lowest BCUT2D eigenvalue weighted by Crippen LogP contribution is -2.26. The fraction of sp³-hybridized carbons (Fsp3) is 0.238. The number of rotatable bonds is 6. The van der Waals surface area contributed by atoms with Crippen LogP contribution in [0.2, 0.25) is 0 Å². The third kappa shape index (κ3) is 4.17. The van der Waals surface area contributed by atoms with Gasteiger partial charge in [0.15, 0.2) is 0 Å². The SMILES string of the molecule is Cc1nn(Cc2ccccc2)c(C)c1C(=O)NCCc1ccc(F)cc1. The Morgan fingerprint density at radius 2 is 1.73 bits per heavy atom. The van der Waals surface area contributed by atoms with Gasteiger partial charge in [0.1, 0.15) is 5.82 Å². The van der Waals surface area contributed by atoms with Crippen molar-refractivity contribution in [3.63, 3.8) is 0 Å². The van der Waals surface area contributed by atoms with E-state index in [4.69, 9.17) is 0 Å². The van der Waals surface area contributed by atoms with Gasteiger partial charge in [0.05, 0.1) is 17.8 Å². The van der Waals surface area contributed by atoms with Gasteiger partial charge in [-0.1, -0.05) is 42.5 Å². The summed E-state index contributed by atoms with van der Waals surface area (Å²) in [5.41, 5.74) is 4.32. The highest BCUT2D eigenvalue weighted by Crippen LogP contribution is 2.15. The van der Waals surface area contributed by atoms with Gasteiger partial charge >= 0.3 is 0 Å². The number of carbonyl (C=O) groups is 1. The Morgan fingerprint density at radius 1 is 1.04 bits per heavy atom. The predicted octanol–water partition coefficient (Wildman–Crippen LogP) is 3.66. The van der Waals surface area contributed by atoms with Crippen LogP contribution in [0.5, 0.6) is 0 Å². The normalized spacial score (nSPS) is 10.7. The van der Waals surface area contributed by atoms with Crippen molar-refractivity contribution in [3.05, 3.63) is 88.5 Å². The molecule has 3 rings (SSSR count). The average Bonchev–Trinajstić information content (AvgIpc) is 2.91. The van der Waals surface area contributed by atoms with Gasteiger partial charge < -0.3 is 5.32 Å². The molecule has 3 aromatic rings. The molecule has 0 atom stereocenters. The van der Waals surface area contributed by atoms with Crippen molar-refractivity contribution in [2.24, 2.45) is 0 Å². The molecule has 0 bridgehead atoms. The van der Waals surface area contributed by atoms with Crippen LogP contribution in [-0.4, -0.2) is 22.2 Å². The van der Waals surface area contributed by atoms with Gasteiger partial charge in [-0.05, 0) is 43.5 Å². The van der Waals surface area contributed by atoms with Crippen LogP contribution in [0.4, 0.5) is 4.39 Å². The second-order valence-electron chi connectivity index (χ2n) is 6.32. The Labute approximate surface area is 152 Å². The molecule has 2 aromatic carbocycles. The number of nitrogens with one attached hydrogen (secondary N) is 1. The summed E-state index contributed by atoms with van der Waals surface area (Å²) in [5.74, 6) is -0.378. The third-order valence-electron chi connectivity index (χ3n) is 4.40. The molecule has 134 valence electrons. The number of benzene rings is 2. The highest BCUT2D eigenvalue weighted by atomic mass is 19.1. The van der Waals surface area contributed by atoms with Gasteiger partial charge in [0.2, 0.25) is 0 Å². The molecule has 0 saturated carbocycles. The highest BCUT2D eigenvalue weighted by molar-refractivity contribution is 5.96. The average molecular weight is 351 g/mol. The summed E-state index contributed by atoms with van der Waals surface area (Å²) in [4.78, 5) is 12.6. The monoisotopic (exact) mass is 351 g/mol. The van der Waals surface area contributed by atoms with E-state index >= 15 is 0 Å². The molecule has 0 fully saturated rings. The standard InChI is InChI=1S/C21H22FN3O/c1-15-20(16(2)25(24-15)14-18-6-4-3-5-7-18)21(26)23-13-12-17-8-10-19(22)11-9-17/h3-11H,12-14H2,1-2H3,(H,23,26). The number of aromatic nitrogens is 2. The van der Waals surface area contributed by atoms with Crippen LogP contribution < -0.4 is 5.32 Å². The Hall–Kier alpha value is -2.95. The van der Waals surface area contributed by atoms with E-state index in [0.717, 1.165) is 22.5 Å². The van der Waals surface area contributed by atoms with E-state index in [9.17, 15) is 9.18 Å². The lowest BCUT2D eigenvalue weighted by molar-refractivity contribution is 0.0953.